The predicted octanol–water partition coefficient (Wildman–Crippen LogP) is 5.43. The summed E-state index contributed by atoms with van der Waals surface area (Å²) in [5.74, 6) is -1.82. The minimum absolute atomic E-state index is 0.198. The van der Waals surface area contributed by atoms with Crippen molar-refractivity contribution < 1.29 is 18.3 Å². The number of carbonyl (C=O) groups is 1. The average molecular weight is 476 g/mol. The number of benzene rings is 2. The van der Waals surface area contributed by atoms with Gasteiger partial charge in [-0.1, -0.05) is 75.2 Å². The summed E-state index contributed by atoms with van der Waals surface area (Å²) >= 11 is 1.57. The van der Waals surface area contributed by atoms with Crippen molar-refractivity contribution in [1.29, 1.82) is 0 Å². The van der Waals surface area contributed by atoms with Gasteiger partial charge in [-0.15, -0.1) is 11.8 Å². The Balaban J connectivity index is 2.24. The lowest BCUT2D eigenvalue weighted by Crippen LogP contribution is -2.40. The molecule has 0 aliphatic carbocycles. The van der Waals surface area contributed by atoms with Crippen molar-refractivity contribution in [2.75, 3.05) is 0 Å². The van der Waals surface area contributed by atoms with Crippen LogP contribution in [0.1, 0.15) is 56.8 Å². The maximum atomic E-state index is 14.0. The molecule has 32 heavy (non-hydrogen) atoms. The zero-order valence-electron chi connectivity index (χ0n) is 19.6. The number of hydrogen-bond acceptors (Lipinski definition) is 4. The molecule has 2 aromatic rings. The summed E-state index contributed by atoms with van der Waals surface area (Å²) in [7, 11) is -3.92. The van der Waals surface area contributed by atoms with E-state index in [0.29, 0.717) is 12.0 Å². The van der Waals surface area contributed by atoms with Crippen molar-refractivity contribution in [3.8, 4) is 0 Å². The Morgan fingerprint density at radius 1 is 1.00 bits per heavy atom. The van der Waals surface area contributed by atoms with Crippen LogP contribution in [0.25, 0.3) is 0 Å². The Bertz CT molecular complexity index is 1060. The van der Waals surface area contributed by atoms with Crippen LogP contribution in [-0.2, 0) is 14.8 Å². The first-order valence-corrected chi connectivity index (χ1v) is 13.3. The molecule has 0 bridgehead atoms. The van der Waals surface area contributed by atoms with Gasteiger partial charge >= 0.3 is 5.97 Å². The van der Waals surface area contributed by atoms with Gasteiger partial charge < -0.3 is 5.11 Å². The third-order valence-electron chi connectivity index (χ3n) is 5.88. The highest BCUT2D eigenvalue weighted by Crippen LogP contribution is 2.52. The van der Waals surface area contributed by atoms with Crippen LogP contribution in [0.3, 0.4) is 0 Å². The van der Waals surface area contributed by atoms with E-state index >= 15 is 0 Å². The van der Waals surface area contributed by atoms with Gasteiger partial charge in [0.15, 0.2) is 0 Å². The SMILES string of the molecule is CC[C@@H]1[C@@H](SC(C)(C)C)[C@@H](C(=O)O)[C@H](c2ccc(C)cc2)N1S(=O)(=O)c1ccc(C)cc1. The van der Waals surface area contributed by atoms with Crippen molar-refractivity contribution in [2.45, 2.75) is 74.9 Å². The summed E-state index contributed by atoms with van der Waals surface area (Å²) in [4.78, 5) is 12.8. The van der Waals surface area contributed by atoms with Gasteiger partial charge in [-0.25, -0.2) is 8.42 Å². The second kappa shape index (κ2) is 9.20. The second-order valence-electron chi connectivity index (χ2n) is 9.54. The molecule has 1 aliphatic rings. The summed E-state index contributed by atoms with van der Waals surface area (Å²) in [6, 6.07) is 13.1. The maximum Gasteiger partial charge on any atom is 0.309 e. The number of hydrogen-bond donors (Lipinski definition) is 1. The van der Waals surface area contributed by atoms with Gasteiger partial charge in [0.05, 0.1) is 16.9 Å². The molecule has 0 amide bonds. The van der Waals surface area contributed by atoms with E-state index in [9.17, 15) is 18.3 Å². The predicted molar refractivity (Wildman–Crippen MR) is 130 cm³/mol. The molecule has 2 aromatic carbocycles. The van der Waals surface area contributed by atoms with Crippen LogP contribution >= 0.6 is 11.8 Å². The molecule has 5 nitrogen and oxygen atoms in total. The van der Waals surface area contributed by atoms with Gasteiger partial charge in [0, 0.05) is 16.0 Å². The summed E-state index contributed by atoms with van der Waals surface area (Å²) in [6.07, 6.45) is 0.533. The van der Waals surface area contributed by atoms with E-state index in [4.69, 9.17) is 0 Å². The lowest BCUT2D eigenvalue weighted by molar-refractivity contribution is -0.142. The van der Waals surface area contributed by atoms with E-state index in [1.165, 1.54) is 4.31 Å². The summed E-state index contributed by atoms with van der Waals surface area (Å²) < 4.78 is 29.2. The minimum atomic E-state index is -3.92. The first-order chi connectivity index (χ1) is 14.9. The molecule has 0 spiro atoms. The fraction of sp³-hybridized carbons (Fsp3) is 0.480. The van der Waals surface area contributed by atoms with Crippen LogP contribution in [-0.4, -0.2) is 39.8 Å². The number of aliphatic carboxylic acids is 1. The summed E-state index contributed by atoms with van der Waals surface area (Å²) in [5, 5.41) is 9.96. The van der Waals surface area contributed by atoms with Crippen LogP contribution < -0.4 is 0 Å². The standard InChI is InChI=1S/C25H33NO4S2/c1-7-20-23(31-25(4,5)6)21(24(27)28)22(18-12-8-16(2)9-13-18)26(20)32(29,30)19-14-10-17(3)11-15-19/h8-15,20-23H,7H2,1-6H3,(H,27,28)/t20-,21+,22+,23-/m1/s1. The molecule has 1 heterocycles. The van der Waals surface area contributed by atoms with Crippen molar-refractivity contribution in [2.24, 2.45) is 5.92 Å². The van der Waals surface area contributed by atoms with Crippen molar-refractivity contribution >= 4 is 27.8 Å². The van der Waals surface area contributed by atoms with E-state index in [2.05, 4.69) is 0 Å². The third-order valence-corrected chi connectivity index (χ3v) is 9.39. The number of nitrogens with zero attached hydrogens (tertiary/aromatic N) is 1. The highest BCUT2D eigenvalue weighted by molar-refractivity contribution is 8.01. The number of carboxylic acids is 1. The Hall–Kier alpha value is -1.83. The molecule has 1 saturated heterocycles. The molecule has 7 heteroatoms. The molecule has 1 aliphatic heterocycles. The first-order valence-electron chi connectivity index (χ1n) is 10.9. The molecule has 1 N–H and O–H groups in total. The second-order valence-corrected chi connectivity index (χ2v) is 13.4. The Kier molecular flexibility index (Phi) is 7.13. The topological polar surface area (TPSA) is 74.7 Å². The maximum absolute atomic E-state index is 14.0. The fourth-order valence-electron chi connectivity index (χ4n) is 4.45. The van der Waals surface area contributed by atoms with Crippen molar-refractivity contribution in [1.82, 2.24) is 4.31 Å². The van der Waals surface area contributed by atoms with E-state index in [1.807, 2.05) is 65.8 Å². The lowest BCUT2D eigenvalue weighted by atomic mass is 9.92. The van der Waals surface area contributed by atoms with E-state index in [0.717, 1.165) is 11.1 Å². The Morgan fingerprint density at radius 3 is 1.94 bits per heavy atom. The monoisotopic (exact) mass is 475 g/mol. The molecule has 4 atom stereocenters. The molecule has 0 radical (unpaired) electrons. The summed E-state index contributed by atoms with van der Waals surface area (Å²) in [6.45, 7) is 11.9. The normalized spacial score (nSPS) is 24.6. The van der Waals surface area contributed by atoms with Gasteiger partial charge in [0.1, 0.15) is 0 Å². The highest BCUT2D eigenvalue weighted by atomic mass is 32.2. The van der Waals surface area contributed by atoms with Gasteiger partial charge in [0.25, 0.3) is 0 Å². The minimum Gasteiger partial charge on any atom is -0.481 e. The fourth-order valence-corrected chi connectivity index (χ4v) is 8.15. The molecule has 0 saturated carbocycles. The first kappa shape index (κ1) is 24.8. The van der Waals surface area contributed by atoms with Crippen molar-refractivity contribution in [3.05, 3.63) is 65.2 Å². The molecular formula is C25H33NO4S2. The Labute approximate surface area is 196 Å². The smallest absolute Gasteiger partial charge is 0.309 e. The number of rotatable bonds is 6. The molecular weight excluding hydrogens is 442 g/mol. The number of carboxylic acid groups (broad SMARTS) is 1. The molecule has 3 rings (SSSR count). The number of thioether (sulfide) groups is 1. The van der Waals surface area contributed by atoms with E-state index in [1.54, 1.807) is 36.0 Å². The lowest BCUT2D eigenvalue weighted by Gasteiger charge is -2.31. The van der Waals surface area contributed by atoms with E-state index in [-0.39, 0.29) is 14.9 Å². The van der Waals surface area contributed by atoms with Gasteiger partial charge in [-0.3, -0.25) is 4.79 Å². The molecule has 1 fully saturated rings. The number of aryl methyl sites for hydroxylation is 2. The quantitative estimate of drug-likeness (QED) is 0.603. The summed E-state index contributed by atoms with van der Waals surface area (Å²) in [5.41, 5.74) is 2.73. The number of sulfonamides is 1. The van der Waals surface area contributed by atoms with Crippen LogP contribution in [0.2, 0.25) is 0 Å². The largest absolute Gasteiger partial charge is 0.481 e. The zero-order valence-corrected chi connectivity index (χ0v) is 21.2. The van der Waals surface area contributed by atoms with Crippen LogP contribution in [0.5, 0.6) is 0 Å². The molecule has 0 unspecified atom stereocenters. The van der Waals surface area contributed by atoms with Crippen LogP contribution in [0.4, 0.5) is 0 Å². The van der Waals surface area contributed by atoms with Crippen molar-refractivity contribution in [3.63, 3.8) is 0 Å². The van der Waals surface area contributed by atoms with Gasteiger partial charge in [0.2, 0.25) is 10.0 Å². The average Bonchev–Trinajstić information content (AvgIpc) is 3.02. The molecule has 0 aromatic heterocycles. The van der Waals surface area contributed by atoms with E-state index < -0.39 is 34.0 Å². The third kappa shape index (κ3) is 4.90. The van der Waals surface area contributed by atoms with Gasteiger partial charge in [-0.2, -0.15) is 4.31 Å². The van der Waals surface area contributed by atoms with Crippen LogP contribution in [0, 0.1) is 19.8 Å². The highest BCUT2D eigenvalue weighted by Gasteiger charge is 2.57. The molecule has 174 valence electrons. The Morgan fingerprint density at radius 2 is 1.50 bits per heavy atom. The van der Waals surface area contributed by atoms with Gasteiger partial charge in [-0.05, 0) is 38.0 Å². The van der Waals surface area contributed by atoms with Crippen LogP contribution in [0.15, 0.2) is 53.4 Å². The zero-order chi connectivity index (χ0) is 23.8.